The Hall–Kier alpha value is -2.74. The van der Waals surface area contributed by atoms with Crippen LogP contribution in [0.2, 0.25) is 0 Å². The van der Waals surface area contributed by atoms with Crippen molar-refractivity contribution in [1.29, 1.82) is 0 Å². The van der Waals surface area contributed by atoms with Crippen LogP contribution >= 0.6 is 11.3 Å². The number of carbonyl (C=O) groups is 1. The van der Waals surface area contributed by atoms with Gasteiger partial charge in [-0.05, 0) is 38.5 Å². The van der Waals surface area contributed by atoms with Crippen molar-refractivity contribution in [1.82, 2.24) is 19.5 Å². The highest BCUT2D eigenvalue weighted by Crippen LogP contribution is 2.21. The van der Waals surface area contributed by atoms with E-state index in [1.54, 1.807) is 25.1 Å². The molecule has 2 aromatic heterocycles. The van der Waals surface area contributed by atoms with E-state index in [9.17, 15) is 9.59 Å². The Labute approximate surface area is 168 Å². The molecule has 3 rings (SSSR count). The third kappa shape index (κ3) is 4.39. The summed E-state index contributed by atoms with van der Waals surface area (Å²) >= 11 is 1.41. The van der Waals surface area contributed by atoms with E-state index < -0.39 is 0 Å². The molecule has 0 spiro atoms. The van der Waals surface area contributed by atoms with E-state index in [-0.39, 0.29) is 17.5 Å². The summed E-state index contributed by atoms with van der Waals surface area (Å²) in [7, 11) is 3.52. The molecule has 0 radical (unpaired) electrons. The number of carbonyl (C=O) groups excluding carboxylic acids is 1. The zero-order valence-corrected chi connectivity index (χ0v) is 17.7. The third-order valence-corrected chi connectivity index (χ3v) is 5.30. The van der Waals surface area contributed by atoms with E-state index in [0.29, 0.717) is 23.6 Å². The molecule has 7 nitrogen and oxygen atoms in total. The summed E-state index contributed by atoms with van der Waals surface area (Å²) in [5.74, 6) is 0.0753. The van der Waals surface area contributed by atoms with Crippen LogP contribution < -0.4 is 10.5 Å². The lowest BCUT2D eigenvalue weighted by Gasteiger charge is -2.29. The van der Waals surface area contributed by atoms with Crippen LogP contribution in [0.5, 0.6) is 0 Å². The summed E-state index contributed by atoms with van der Waals surface area (Å²) < 4.78 is 1.35. The second-order valence-electron chi connectivity index (χ2n) is 7.25. The van der Waals surface area contributed by atoms with Gasteiger partial charge in [-0.25, -0.2) is 4.98 Å². The molecule has 8 heteroatoms. The summed E-state index contributed by atoms with van der Waals surface area (Å²) in [5, 5.41) is 5.00. The minimum atomic E-state index is -0.161. The number of nitrogens with zero attached hydrogens (tertiary/aromatic N) is 5. The minimum absolute atomic E-state index is 0.0753. The molecule has 0 unspecified atom stereocenters. The standard InChI is InChI=1S/C20H25N5O2S/c1-13(2)24(17-8-6-15(7-9-17)10-18(26)23(4)5)12-16-11-19(27)25-20(21-16)28-14(3)22-25/h6-9,11,13H,10,12H2,1-5H3. The Morgan fingerprint density at radius 2 is 1.89 bits per heavy atom. The van der Waals surface area contributed by atoms with Crippen molar-refractivity contribution in [3.8, 4) is 0 Å². The molecule has 2 heterocycles. The van der Waals surface area contributed by atoms with Gasteiger partial charge in [0.15, 0.2) is 0 Å². The van der Waals surface area contributed by atoms with Crippen molar-refractivity contribution in [3.63, 3.8) is 0 Å². The molecule has 0 bridgehead atoms. The van der Waals surface area contributed by atoms with Gasteiger partial charge in [0.2, 0.25) is 10.9 Å². The largest absolute Gasteiger partial charge is 0.363 e. The van der Waals surface area contributed by atoms with Gasteiger partial charge in [0, 0.05) is 31.9 Å². The fraction of sp³-hybridized carbons (Fsp3) is 0.400. The SMILES string of the molecule is Cc1nn2c(=O)cc(CN(c3ccc(CC(=O)N(C)C)cc3)C(C)C)nc2s1. The van der Waals surface area contributed by atoms with Crippen molar-refractivity contribution in [3.05, 3.63) is 57.0 Å². The Bertz CT molecular complexity index is 1040. The van der Waals surface area contributed by atoms with Gasteiger partial charge in [-0.2, -0.15) is 9.61 Å². The number of fused-ring (bicyclic) bond motifs is 1. The van der Waals surface area contributed by atoms with Gasteiger partial charge >= 0.3 is 0 Å². The van der Waals surface area contributed by atoms with Gasteiger partial charge in [0.25, 0.3) is 5.56 Å². The number of rotatable bonds is 6. The maximum absolute atomic E-state index is 12.3. The highest BCUT2D eigenvalue weighted by molar-refractivity contribution is 7.16. The van der Waals surface area contributed by atoms with Gasteiger partial charge in [-0.15, -0.1) is 0 Å². The number of hydrogen-bond acceptors (Lipinski definition) is 6. The Morgan fingerprint density at radius 3 is 2.50 bits per heavy atom. The summed E-state index contributed by atoms with van der Waals surface area (Å²) in [6.07, 6.45) is 0.384. The number of amides is 1. The first-order chi connectivity index (χ1) is 13.2. The summed E-state index contributed by atoms with van der Waals surface area (Å²) in [6.45, 7) is 6.59. The molecule has 0 fully saturated rings. The summed E-state index contributed by atoms with van der Waals surface area (Å²) in [4.78, 5) is 33.2. The van der Waals surface area contributed by atoms with Crippen LogP contribution in [-0.2, 0) is 17.8 Å². The number of likely N-dealkylation sites (N-methyl/N-ethyl adjacent to an activating group) is 1. The van der Waals surface area contributed by atoms with Gasteiger partial charge in [-0.3, -0.25) is 9.59 Å². The van der Waals surface area contributed by atoms with Crippen LogP contribution in [0.25, 0.3) is 4.96 Å². The lowest BCUT2D eigenvalue weighted by atomic mass is 10.1. The molecule has 148 valence electrons. The first-order valence-corrected chi connectivity index (χ1v) is 9.98. The number of aryl methyl sites for hydroxylation is 1. The lowest BCUT2D eigenvalue weighted by molar-refractivity contribution is -0.127. The lowest BCUT2D eigenvalue weighted by Crippen LogP contribution is -2.31. The summed E-state index contributed by atoms with van der Waals surface area (Å²) in [6, 6.07) is 9.75. The topological polar surface area (TPSA) is 70.8 Å². The summed E-state index contributed by atoms with van der Waals surface area (Å²) in [5.41, 5.74) is 2.56. The fourth-order valence-electron chi connectivity index (χ4n) is 2.92. The molecule has 0 aliphatic heterocycles. The van der Waals surface area contributed by atoms with E-state index in [1.165, 1.54) is 15.9 Å². The van der Waals surface area contributed by atoms with Gasteiger partial charge < -0.3 is 9.80 Å². The van der Waals surface area contributed by atoms with E-state index >= 15 is 0 Å². The third-order valence-electron chi connectivity index (χ3n) is 4.48. The average molecular weight is 400 g/mol. The highest BCUT2D eigenvalue weighted by atomic mass is 32.1. The van der Waals surface area contributed by atoms with E-state index in [2.05, 4.69) is 28.8 Å². The molecule has 0 saturated carbocycles. The minimum Gasteiger partial charge on any atom is -0.363 e. The zero-order valence-electron chi connectivity index (χ0n) is 16.8. The van der Waals surface area contributed by atoms with Gasteiger partial charge in [0.05, 0.1) is 18.7 Å². The van der Waals surface area contributed by atoms with E-state index in [1.807, 2.05) is 31.2 Å². The van der Waals surface area contributed by atoms with Crippen molar-refractivity contribution < 1.29 is 4.79 Å². The molecular weight excluding hydrogens is 374 g/mol. The normalized spacial score (nSPS) is 11.2. The first-order valence-electron chi connectivity index (χ1n) is 9.16. The van der Waals surface area contributed by atoms with Crippen molar-refractivity contribution in [2.24, 2.45) is 0 Å². The van der Waals surface area contributed by atoms with E-state index in [0.717, 1.165) is 16.3 Å². The molecule has 0 atom stereocenters. The van der Waals surface area contributed by atoms with Crippen molar-refractivity contribution in [2.45, 2.75) is 39.8 Å². The Morgan fingerprint density at radius 1 is 1.21 bits per heavy atom. The number of hydrogen-bond donors (Lipinski definition) is 0. The van der Waals surface area contributed by atoms with Crippen LogP contribution in [0.15, 0.2) is 35.1 Å². The van der Waals surface area contributed by atoms with Crippen LogP contribution in [0.4, 0.5) is 5.69 Å². The smallest absolute Gasteiger partial charge is 0.275 e. The number of benzene rings is 1. The molecular formula is C20H25N5O2S. The van der Waals surface area contributed by atoms with Crippen LogP contribution in [0.3, 0.4) is 0 Å². The molecule has 0 saturated heterocycles. The van der Waals surface area contributed by atoms with Crippen LogP contribution in [0.1, 0.15) is 30.1 Å². The molecule has 0 aliphatic rings. The Balaban J connectivity index is 1.84. The predicted molar refractivity (Wildman–Crippen MR) is 112 cm³/mol. The second-order valence-corrected chi connectivity index (χ2v) is 8.41. The van der Waals surface area contributed by atoms with Crippen molar-refractivity contribution >= 4 is 27.9 Å². The number of aromatic nitrogens is 3. The average Bonchev–Trinajstić information content (AvgIpc) is 3.01. The first kappa shape index (κ1) is 20.0. The van der Waals surface area contributed by atoms with Crippen LogP contribution in [-0.4, -0.2) is 45.5 Å². The molecule has 3 aromatic rings. The molecule has 0 N–H and O–H groups in total. The Kier molecular flexibility index (Phi) is 5.79. The maximum atomic E-state index is 12.3. The molecule has 1 aromatic carbocycles. The van der Waals surface area contributed by atoms with Gasteiger partial charge in [0.1, 0.15) is 5.01 Å². The fourth-order valence-corrected chi connectivity index (χ4v) is 3.68. The zero-order chi connectivity index (χ0) is 20.4. The highest BCUT2D eigenvalue weighted by Gasteiger charge is 2.15. The van der Waals surface area contributed by atoms with Gasteiger partial charge in [-0.1, -0.05) is 23.5 Å². The van der Waals surface area contributed by atoms with Crippen molar-refractivity contribution in [2.75, 3.05) is 19.0 Å². The predicted octanol–water partition coefficient (Wildman–Crippen LogP) is 2.51. The van der Waals surface area contributed by atoms with Crippen LogP contribution in [0, 0.1) is 6.92 Å². The maximum Gasteiger partial charge on any atom is 0.275 e. The number of anilines is 1. The molecule has 28 heavy (non-hydrogen) atoms. The quantitative estimate of drug-likeness (QED) is 0.637. The monoisotopic (exact) mass is 399 g/mol. The molecule has 1 amide bonds. The second kappa shape index (κ2) is 8.10. The van der Waals surface area contributed by atoms with E-state index in [4.69, 9.17) is 0 Å². The molecule has 0 aliphatic carbocycles.